The normalized spacial score (nSPS) is 16.4. The maximum atomic E-state index is 10.6. The number of carboxylic acids is 1. The number of carbonyl (C=O) groups is 1. The minimum absolute atomic E-state index is 0.00393. The third-order valence-corrected chi connectivity index (χ3v) is 2.55. The highest BCUT2D eigenvalue weighted by Crippen LogP contribution is 2.16. The van der Waals surface area contributed by atoms with E-state index in [2.05, 4.69) is 15.1 Å². The summed E-state index contributed by atoms with van der Waals surface area (Å²) in [4.78, 5) is 12.7. The lowest BCUT2D eigenvalue weighted by molar-refractivity contribution is 0.0689. The molecule has 15 heavy (non-hydrogen) atoms. The molecule has 5 heteroatoms. The summed E-state index contributed by atoms with van der Waals surface area (Å²) in [6.45, 7) is 1.97. The lowest BCUT2D eigenvalue weighted by Crippen LogP contribution is -2.30. The van der Waals surface area contributed by atoms with Crippen LogP contribution in [0.15, 0.2) is 12.1 Å². The van der Waals surface area contributed by atoms with Crippen LogP contribution in [0, 0.1) is 0 Å². The van der Waals surface area contributed by atoms with E-state index in [9.17, 15) is 4.79 Å². The third kappa shape index (κ3) is 2.23. The molecule has 2 rings (SSSR count). The summed E-state index contributed by atoms with van der Waals surface area (Å²) in [5, 5.41) is 16.3. The molecule has 1 aliphatic rings. The molecule has 2 heterocycles. The van der Waals surface area contributed by atoms with Crippen molar-refractivity contribution in [3.05, 3.63) is 17.8 Å². The van der Waals surface area contributed by atoms with Gasteiger partial charge in [-0.25, -0.2) is 4.79 Å². The maximum absolute atomic E-state index is 10.6. The summed E-state index contributed by atoms with van der Waals surface area (Å²) in [6, 6.07) is 3.22. The average Bonchev–Trinajstić information content (AvgIpc) is 2.30. The van der Waals surface area contributed by atoms with Crippen LogP contribution in [0.3, 0.4) is 0 Å². The van der Waals surface area contributed by atoms with Gasteiger partial charge in [0.2, 0.25) is 0 Å². The number of anilines is 1. The highest BCUT2D eigenvalue weighted by Gasteiger charge is 2.13. The average molecular weight is 207 g/mol. The standard InChI is InChI=1S/C10H13N3O2/c14-10(15)8-4-5-9(12-11-8)13-6-2-1-3-7-13/h4-5H,1-3,6-7H2,(H,14,15). The lowest BCUT2D eigenvalue weighted by Gasteiger charge is -2.26. The van der Waals surface area contributed by atoms with Crippen LogP contribution >= 0.6 is 0 Å². The van der Waals surface area contributed by atoms with Crippen LogP contribution in [0.1, 0.15) is 29.8 Å². The summed E-state index contributed by atoms with van der Waals surface area (Å²) in [6.07, 6.45) is 3.60. The second kappa shape index (κ2) is 4.25. The molecule has 0 radical (unpaired) electrons. The molecule has 0 unspecified atom stereocenters. The zero-order valence-corrected chi connectivity index (χ0v) is 8.39. The SMILES string of the molecule is O=C(O)c1ccc(N2CCCCC2)nn1. The number of carboxylic acid groups (broad SMARTS) is 1. The van der Waals surface area contributed by atoms with Gasteiger partial charge in [-0.05, 0) is 31.4 Å². The van der Waals surface area contributed by atoms with Crippen LogP contribution in [0.4, 0.5) is 5.82 Å². The van der Waals surface area contributed by atoms with Gasteiger partial charge in [0.15, 0.2) is 11.5 Å². The molecule has 0 amide bonds. The molecule has 0 bridgehead atoms. The van der Waals surface area contributed by atoms with Crippen LogP contribution in [-0.4, -0.2) is 34.4 Å². The maximum Gasteiger partial charge on any atom is 0.356 e. The highest BCUT2D eigenvalue weighted by atomic mass is 16.4. The first-order chi connectivity index (χ1) is 7.27. The molecule has 1 aliphatic heterocycles. The van der Waals surface area contributed by atoms with E-state index in [1.807, 2.05) is 0 Å². The largest absolute Gasteiger partial charge is 0.476 e. The zero-order chi connectivity index (χ0) is 10.7. The number of aromatic carboxylic acids is 1. The zero-order valence-electron chi connectivity index (χ0n) is 8.39. The Hall–Kier alpha value is -1.65. The van der Waals surface area contributed by atoms with E-state index in [4.69, 9.17) is 5.11 Å². The van der Waals surface area contributed by atoms with Gasteiger partial charge in [-0.3, -0.25) is 0 Å². The second-order valence-electron chi connectivity index (χ2n) is 3.63. The third-order valence-electron chi connectivity index (χ3n) is 2.55. The molecule has 0 spiro atoms. The molecule has 0 atom stereocenters. The first kappa shape index (κ1) is 9.89. The Bertz CT molecular complexity index is 344. The van der Waals surface area contributed by atoms with Crippen molar-refractivity contribution < 1.29 is 9.90 Å². The van der Waals surface area contributed by atoms with E-state index in [0.29, 0.717) is 0 Å². The lowest BCUT2D eigenvalue weighted by atomic mass is 10.1. The fourth-order valence-electron chi connectivity index (χ4n) is 1.73. The molecule has 0 aromatic carbocycles. The minimum Gasteiger partial charge on any atom is -0.476 e. The van der Waals surface area contributed by atoms with E-state index >= 15 is 0 Å². The molecular formula is C10H13N3O2. The van der Waals surface area contributed by atoms with Gasteiger partial charge in [-0.1, -0.05) is 0 Å². The predicted molar refractivity (Wildman–Crippen MR) is 55.1 cm³/mol. The number of nitrogens with zero attached hydrogens (tertiary/aromatic N) is 3. The molecule has 1 aromatic rings. The fourth-order valence-corrected chi connectivity index (χ4v) is 1.73. The van der Waals surface area contributed by atoms with Gasteiger partial charge >= 0.3 is 5.97 Å². The van der Waals surface area contributed by atoms with Crippen molar-refractivity contribution >= 4 is 11.8 Å². The Morgan fingerprint density at radius 1 is 1.20 bits per heavy atom. The van der Waals surface area contributed by atoms with Crippen LogP contribution in [-0.2, 0) is 0 Å². The van der Waals surface area contributed by atoms with Crippen LogP contribution in [0.25, 0.3) is 0 Å². The van der Waals surface area contributed by atoms with E-state index in [-0.39, 0.29) is 5.69 Å². The van der Waals surface area contributed by atoms with Crippen LogP contribution in [0.2, 0.25) is 0 Å². The molecule has 1 fully saturated rings. The van der Waals surface area contributed by atoms with Crippen molar-refractivity contribution in [3.63, 3.8) is 0 Å². The molecule has 1 N–H and O–H groups in total. The Labute approximate surface area is 87.7 Å². The van der Waals surface area contributed by atoms with Gasteiger partial charge < -0.3 is 10.0 Å². The van der Waals surface area contributed by atoms with Crippen molar-refractivity contribution in [2.45, 2.75) is 19.3 Å². The molecule has 0 saturated carbocycles. The fraction of sp³-hybridized carbons (Fsp3) is 0.500. The summed E-state index contributed by atoms with van der Waals surface area (Å²) in [7, 11) is 0. The van der Waals surface area contributed by atoms with Gasteiger partial charge in [0.1, 0.15) is 0 Å². The van der Waals surface area contributed by atoms with Crippen molar-refractivity contribution in [3.8, 4) is 0 Å². The topological polar surface area (TPSA) is 66.3 Å². The predicted octanol–water partition coefficient (Wildman–Crippen LogP) is 1.17. The van der Waals surface area contributed by atoms with E-state index in [0.717, 1.165) is 18.9 Å². The Kier molecular flexibility index (Phi) is 2.80. The quantitative estimate of drug-likeness (QED) is 0.788. The summed E-state index contributed by atoms with van der Waals surface area (Å²) >= 11 is 0. The molecule has 5 nitrogen and oxygen atoms in total. The van der Waals surface area contributed by atoms with Gasteiger partial charge in [0.05, 0.1) is 0 Å². The van der Waals surface area contributed by atoms with Crippen molar-refractivity contribution in [2.24, 2.45) is 0 Å². The van der Waals surface area contributed by atoms with Gasteiger partial charge in [0.25, 0.3) is 0 Å². The summed E-state index contributed by atoms with van der Waals surface area (Å²) in [5.41, 5.74) is -0.00393. The molecule has 0 aliphatic carbocycles. The molecule has 1 saturated heterocycles. The van der Waals surface area contributed by atoms with E-state index in [1.54, 1.807) is 6.07 Å². The minimum atomic E-state index is -1.03. The Morgan fingerprint density at radius 2 is 1.93 bits per heavy atom. The van der Waals surface area contributed by atoms with Crippen LogP contribution < -0.4 is 4.90 Å². The number of aromatic nitrogens is 2. The Morgan fingerprint density at radius 3 is 2.47 bits per heavy atom. The monoisotopic (exact) mass is 207 g/mol. The smallest absolute Gasteiger partial charge is 0.356 e. The van der Waals surface area contributed by atoms with Gasteiger partial charge in [-0.15, -0.1) is 10.2 Å². The summed E-state index contributed by atoms with van der Waals surface area (Å²) < 4.78 is 0. The summed E-state index contributed by atoms with van der Waals surface area (Å²) in [5.74, 6) is -0.257. The van der Waals surface area contributed by atoms with Gasteiger partial charge in [0, 0.05) is 13.1 Å². The Balaban J connectivity index is 2.11. The number of hydrogen-bond acceptors (Lipinski definition) is 4. The van der Waals surface area contributed by atoms with Crippen molar-refractivity contribution in [1.29, 1.82) is 0 Å². The van der Waals surface area contributed by atoms with E-state index in [1.165, 1.54) is 25.3 Å². The second-order valence-corrected chi connectivity index (χ2v) is 3.63. The van der Waals surface area contributed by atoms with Crippen LogP contribution in [0.5, 0.6) is 0 Å². The molecule has 80 valence electrons. The highest BCUT2D eigenvalue weighted by molar-refractivity contribution is 5.85. The van der Waals surface area contributed by atoms with E-state index < -0.39 is 5.97 Å². The molecule has 1 aromatic heterocycles. The number of hydrogen-bond donors (Lipinski definition) is 1. The van der Waals surface area contributed by atoms with Gasteiger partial charge in [-0.2, -0.15) is 0 Å². The van der Waals surface area contributed by atoms with Crippen molar-refractivity contribution in [2.75, 3.05) is 18.0 Å². The number of rotatable bonds is 2. The van der Waals surface area contributed by atoms with Crippen molar-refractivity contribution in [1.82, 2.24) is 10.2 Å². The number of piperidine rings is 1. The first-order valence-electron chi connectivity index (χ1n) is 5.09. The molecular weight excluding hydrogens is 194 g/mol. The first-order valence-corrected chi connectivity index (χ1v) is 5.09.